The average molecular weight is 136 g/mol. The van der Waals surface area contributed by atoms with Crippen LogP contribution in [0.15, 0.2) is 24.8 Å². The van der Waals surface area contributed by atoms with Crippen molar-refractivity contribution in [1.29, 1.82) is 0 Å². The third-order valence-electron chi connectivity index (χ3n) is 2.83. The van der Waals surface area contributed by atoms with Crippen LogP contribution in [0.5, 0.6) is 0 Å². The summed E-state index contributed by atoms with van der Waals surface area (Å²) in [6.45, 7) is 12.2. The van der Waals surface area contributed by atoms with Crippen LogP contribution in [0.1, 0.15) is 26.7 Å². The molecule has 0 amide bonds. The standard InChI is InChI=1S/C10H16/c1-5-10(4)7-6-9(10)8(2)3/h5,9H,1-2,6-7H2,3-4H3/t9-,10-/m0/s1. The fourth-order valence-corrected chi connectivity index (χ4v) is 1.80. The van der Waals surface area contributed by atoms with Gasteiger partial charge in [0.25, 0.3) is 0 Å². The lowest BCUT2D eigenvalue weighted by Crippen LogP contribution is -2.35. The summed E-state index contributed by atoms with van der Waals surface area (Å²) in [5.41, 5.74) is 1.68. The molecular formula is C10H16. The molecule has 0 radical (unpaired) electrons. The van der Waals surface area contributed by atoms with Gasteiger partial charge in [0.15, 0.2) is 0 Å². The fourth-order valence-electron chi connectivity index (χ4n) is 1.80. The van der Waals surface area contributed by atoms with Gasteiger partial charge < -0.3 is 0 Å². The van der Waals surface area contributed by atoms with Crippen molar-refractivity contribution < 1.29 is 0 Å². The summed E-state index contributed by atoms with van der Waals surface area (Å²) in [5, 5.41) is 0. The highest BCUT2D eigenvalue weighted by atomic mass is 14.4. The third kappa shape index (κ3) is 0.920. The van der Waals surface area contributed by atoms with Crippen LogP contribution in [0, 0.1) is 11.3 Å². The Kier molecular flexibility index (Phi) is 1.72. The Labute approximate surface area is 63.6 Å². The minimum atomic E-state index is 0.367. The maximum Gasteiger partial charge on any atom is -0.00838 e. The minimum absolute atomic E-state index is 0.367. The summed E-state index contributed by atoms with van der Waals surface area (Å²) in [5.74, 6) is 0.699. The molecule has 0 aromatic rings. The molecule has 0 unspecified atom stereocenters. The van der Waals surface area contributed by atoms with Crippen LogP contribution in [0.2, 0.25) is 0 Å². The van der Waals surface area contributed by atoms with Gasteiger partial charge in [-0.25, -0.2) is 0 Å². The molecule has 0 nitrogen and oxygen atoms in total. The van der Waals surface area contributed by atoms with Crippen LogP contribution in [0.25, 0.3) is 0 Å². The van der Waals surface area contributed by atoms with E-state index in [1.165, 1.54) is 18.4 Å². The summed E-state index contributed by atoms with van der Waals surface area (Å²) in [6.07, 6.45) is 4.67. The number of allylic oxidation sites excluding steroid dienone is 2. The van der Waals surface area contributed by atoms with Crippen LogP contribution < -0.4 is 0 Å². The Morgan fingerprint density at radius 3 is 2.40 bits per heavy atom. The second-order valence-electron chi connectivity index (χ2n) is 3.65. The molecule has 0 aliphatic heterocycles. The number of rotatable bonds is 2. The predicted molar refractivity (Wildman–Crippen MR) is 45.8 cm³/mol. The Balaban J connectivity index is 2.66. The van der Waals surface area contributed by atoms with Gasteiger partial charge in [0.05, 0.1) is 0 Å². The van der Waals surface area contributed by atoms with E-state index in [-0.39, 0.29) is 0 Å². The molecule has 1 saturated carbocycles. The van der Waals surface area contributed by atoms with Gasteiger partial charge in [-0.05, 0) is 31.1 Å². The van der Waals surface area contributed by atoms with Crippen LogP contribution in [-0.4, -0.2) is 0 Å². The van der Waals surface area contributed by atoms with Gasteiger partial charge in [-0.1, -0.05) is 25.2 Å². The van der Waals surface area contributed by atoms with E-state index in [9.17, 15) is 0 Å². The molecular weight excluding hydrogens is 120 g/mol. The molecule has 1 aliphatic carbocycles. The van der Waals surface area contributed by atoms with Crippen molar-refractivity contribution >= 4 is 0 Å². The van der Waals surface area contributed by atoms with Gasteiger partial charge in [-0.15, -0.1) is 6.58 Å². The monoisotopic (exact) mass is 136 g/mol. The normalized spacial score (nSPS) is 38.4. The van der Waals surface area contributed by atoms with E-state index in [2.05, 4.69) is 33.1 Å². The second-order valence-corrected chi connectivity index (χ2v) is 3.65. The highest BCUT2D eigenvalue weighted by Gasteiger charge is 2.39. The highest BCUT2D eigenvalue weighted by molar-refractivity contribution is 5.15. The number of hydrogen-bond donors (Lipinski definition) is 0. The molecule has 1 rings (SSSR count). The molecule has 0 heteroatoms. The zero-order valence-corrected chi connectivity index (χ0v) is 6.98. The zero-order chi connectivity index (χ0) is 7.78. The second kappa shape index (κ2) is 2.26. The average Bonchev–Trinajstić information content (AvgIpc) is 1.83. The van der Waals surface area contributed by atoms with E-state index in [1.54, 1.807) is 0 Å². The first-order valence-electron chi connectivity index (χ1n) is 3.89. The molecule has 2 atom stereocenters. The van der Waals surface area contributed by atoms with E-state index in [4.69, 9.17) is 0 Å². The molecule has 0 heterocycles. The summed E-state index contributed by atoms with van der Waals surface area (Å²) in [7, 11) is 0. The van der Waals surface area contributed by atoms with Gasteiger partial charge in [-0.3, -0.25) is 0 Å². The Morgan fingerprint density at radius 2 is 2.30 bits per heavy atom. The third-order valence-corrected chi connectivity index (χ3v) is 2.83. The fraction of sp³-hybridized carbons (Fsp3) is 0.600. The van der Waals surface area contributed by atoms with Crippen molar-refractivity contribution in [2.45, 2.75) is 26.7 Å². The molecule has 10 heavy (non-hydrogen) atoms. The summed E-state index contributed by atoms with van der Waals surface area (Å²) >= 11 is 0. The molecule has 0 aromatic heterocycles. The van der Waals surface area contributed by atoms with Crippen molar-refractivity contribution in [3.8, 4) is 0 Å². The Bertz CT molecular complexity index is 167. The molecule has 0 spiro atoms. The lowest BCUT2D eigenvalue weighted by Gasteiger charge is -2.45. The Hall–Kier alpha value is -0.520. The van der Waals surface area contributed by atoms with Crippen molar-refractivity contribution in [1.82, 2.24) is 0 Å². The minimum Gasteiger partial charge on any atom is -0.103 e. The molecule has 0 saturated heterocycles. The first-order valence-corrected chi connectivity index (χ1v) is 3.89. The van der Waals surface area contributed by atoms with Crippen molar-refractivity contribution in [3.63, 3.8) is 0 Å². The van der Waals surface area contributed by atoms with E-state index < -0.39 is 0 Å². The predicted octanol–water partition coefficient (Wildman–Crippen LogP) is 3.16. The lowest BCUT2D eigenvalue weighted by molar-refractivity contribution is 0.141. The van der Waals surface area contributed by atoms with Gasteiger partial charge in [-0.2, -0.15) is 0 Å². The largest absolute Gasteiger partial charge is 0.103 e. The van der Waals surface area contributed by atoms with Crippen molar-refractivity contribution in [2.75, 3.05) is 0 Å². The van der Waals surface area contributed by atoms with Gasteiger partial charge in [0.2, 0.25) is 0 Å². The molecule has 1 fully saturated rings. The molecule has 0 bridgehead atoms. The van der Waals surface area contributed by atoms with Crippen LogP contribution in [-0.2, 0) is 0 Å². The molecule has 0 N–H and O–H groups in total. The van der Waals surface area contributed by atoms with E-state index >= 15 is 0 Å². The van der Waals surface area contributed by atoms with Crippen LogP contribution >= 0.6 is 0 Å². The maximum absolute atomic E-state index is 3.97. The van der Waals surface area contributed by atoms with E-state index in [0.29, 0.717) is 11.3 Å². The number of hydrogen-bond acceptors (Lipinski definition) is 0. The van der Waals surface area contributed by atoms with Crippen molar-refractivity contribution in [3.05, 3.63) is 24.8 Å². The first-order chi connectivity index (χ1) is 4.60. The van der Waals surface area contributed by atoms with Crippen molar-refractivity contribution in [2.24, 2.45) is 11.3 Å². The maximum atomic E-state index is 3.97. The highest BCUT2D eigenvalue weighted by Crippen LogP contribution is 2.50. The van der Waals surface area contributed by atoms with E-state index in [0.717, 1.165) is 0 Å². The summed E-state index contributed by atoms with van der Waals surface area (Å²) in [6, 6.07) is 0. The van der Waals surface area contributed by atoms with Crippen LogP contribution in [0.3, 0.4) is 0 Å². The molecule has 1 aliphatic rings. The summed E-state index contributed by atoms with van der Waals surface area (Å²) < 4.78 is 0. The first kappa shape index (κ1) is 7.59. The smallest absolute Gasteiger partial charge is 0.00838 e. The van der Waals surface area contributed by atoms with Gasteiger partial charge in [0, 0.05) is 0 Å². The molecule has 0 aromatic carbocycles. The SMILES string of the molecule is C=C[C@@]1(C)CC[C@H]1C(=C)C. The topological polar surface area (TPSA) is 0 Å². The quantitative estimate of drug-likeness (QED) is 0.511. The molecule has 56 valence electrons. The lowest BCUT2D eigenvalue weighted by atomic mass is 9.59. The zero-order valence-electron chi connectivity index (χ0n) is 6.98. The van der Waals surface area contributed by atoms with E-state index in [1.807, 2.05) is 0 Å². The van der Waals surface area contributed by atoms with Crippen LogP contribution in [0.4, 0.5) is 0 Å². The van der Waals surface area contributed by atoms with Gasteiger partial charge in [0.1, 0.15) is 0 Å². The van der Waals surface area contributed by atoms with Gasteiger partial charge >= 0.3 is 0 Å². The Morgan fingerprint density at radius 1 is 1.70 bits per heavy atom. The summed E-state index contributed by atoms with van der Waals surface area (Å²) in [4.78, 5) is 0.